The fourth-order valence-electron chi connectivity index (χ4n) is 5.75. The van der Waals surface area contributed by atoms with Crippen molar-refractivity contribution in [3.05, 3.63) is 76.1 Å². The largest absolute Gasteiger partial charge is 0.493 e. The highest BCUT2D eigenvalue weighted by molar-refractivity contribution is 5.76. The smallest absolute Gasteiger partial charge is 0.304 e. The Bertz CT molecular complexity index is 1380. The Labute approximate surface area is 228 Å². The van der Waals surface area contributed by atoms with Crippen LogP contribution in [-0.4, -0.2) is 35.0 Å². The van der Waals surface area contributed by atoms with Crippen LogP contribution in [0.15, 0.2) is 42.5 Å². The molecule has 39 heavy (non-hydrogen) atoms. The summed E-state index contributed by atoms with van der Waals surface area (Å²) in [6.45, 7) is 8.34. The van der Waals surface area contributed by atoms with Gasteiger partial charge >= 0.3 is 5.97 Å². The maximum absolute atomic E-state index is 15.2. The SMILES string of the molecule is Cc1cc(OCCC(C)(C)O)cc(C)c1-c1ccc(F)c2c1CC[C@H]2Oc1ccc2c(c1)OC[C@H]2CC(=O)O. The van der Waals surface area contributed by atoms with E-state index in [4.69, 9.17) is 19.3 Å². The average molecular weight is 535 g/mol. The molecule has 0 spiro atoms. The van der Waals surface area contributed by atoms with Crippen molar-refractivity contribution in [3.8, 4) is 28.4 Å². The van der Waals surface area contributed by atoms with E-state index in [2.05, 4.69) is 0 Å². The van der Waals surface area contributed by atoms with E-state index in [0.717, 1.165) is 39.1 Å². The highest BCUT2D eigenvalue weighted by Crippen LogP contribution is 2.45. The molecule has 0 unspecified atom stereocenters. The van der Waals surface area contributed by atoms with Crippen molar-refractivity contribution in [1.82, 2.24) is 0 Å². The number of hydrogen-bond donors (Lipinski definition) is 2. The number of ether oxygens (including phenoxy) is 3. The van der Waals surface area contributed by atoms with Gasteiger partial charge in [-0.15, -0.1) is 0 Å². The number of carboxylic acid groups (broad SMARTS) is 1. The second-order valence-corrected chi connectivity index (χ2v) is 11.3. The summed E-state index contributed by atoms with van der Waals surface area (Å²) in [4.78, 5) is 11.1. The summed E-state index contributed by atoms with van der Waals surface area (Å²) in [5.41, 5.74) is 5.77. The third-order valence-corrected chi connectivity index (χ3v) is 7.60. The van der Waals surface area contributed by atoms with Gasteiger partial charge in [0.1, 0.15) is 29.2 Å². The Morgan fingerprint density at radius 1 is 1.10 bits per heavy atom. The zero-order chi connectivity index (χ0) is 27.9. The van der Waals surface area contributed by atoms with Gasteiger partial charge in [0.05, 0.1) is 25.2 Å². The van der Waals surface area contributed by atoms with E-state index in [-0.39, 0.29) is 18.2 Å². The van der Waals surface area contributed by atoms with Gasteiger partial charge in [-0.05, 0) is 92.6 Å². The summed E-state index contributed by atoms with van der Waals surface area (Å²) in [6.07, 6.45) is 1.46. The van der Waals surface area contributed by atoms with Crippen LogP contribution in [0.1, 0.15) is 72.9 Å². The van der Waals surface area contributed by atoms with Crippen LogP contribution in [0.4, 0.5) is 4.39 Å². The number of aryl methyl sites for hydroxylation is 2. The molecule has 2 atom stereocenters. The van der Waals surface area contributed by atoms with Gasteiger partial charge in [0.15, 0.2) is 0 Å². The zero-order valence-electron chi connectivity index (χ0n) is 22.8. The molecule has 2 aliphatic rings. The Hall–Kier alpha value is -3.58. The van der Waals surface area contributed by atoms with Crippen molar-refractivity contribution in [1.29, 1.82) is 0 Å². The lowest BCUT2D eigenvalue weighted by Gasteiger charge is -2.20. The molecule has 1 heterocycles. The van der Waals surface area contributed by atoms with Crippen LogP contribution < -0.4 is 14.2 Å². The van der Waals surface area contributed by atoms with Gasteiger partial charge in [0.25, 0.3) is 0 Å². The highest BCUT2D eigenvalue weighted by Gasteiger charge is 2.32. The Kier molecular flexibility index (Phi) is 7.29. The minimum atomic E-state index is -0.857. The minimum Gasteiger partial charge on any atom is -0.493 e. The third kappa shape index (κ3) is 5.74. The van der Waals surface area contributed by atoms with Crippen LogP contribution in [0.2, 0.25) is 0 Å². The van der Waals surface area contributed by atoms with Crippen LogP contribution >= 0.6 is 0 Å². The number of carbonyl (C=O) groups is 1. The van der Waals surface area contributed by atoms with Crippen molar-refractivity contribution in [2.45, 2.75) is 71.0 Å². The van der Waals surface area contributed by atoms with E-state index in [1.807, 2.05) is 44.2 Å². The zero-order valence-corrected chi connectivity index (χ0v) is 22.8. The van der Waals surface area contributed by atoms with E-state index < -0.39 is 17.7 Å². The lowest BCUT2D eigenvalue weighted by Crippen LogP contribution is -2.21. The van der Waals surface area contributed by atoms with Crippen LogP contribution in [-0.2, 0) is 11.2 Å². The van der Waals surface area contributed by atoms with Crippen molar-refractivity contribution in [2.24, 2.45) is 0 Å². The number of halogens is 1. The van der Waals surface area contributed by atoms with Gasteiger partial charge in [0, 0.05) is 29.5 Å². The maximum atomic E-state index is 15.2. The molecule has 0 radical (unpaired) electrons. The number of aliphatic carboxylic acids is 1. The molecule has 0 aromatic heterocycles. The van der Waals surface area contributed by atoms with E-state index in [1.54, 1.807) is 19.9 Å². The normalized spacial score (nSPS) is 17.9. The first-order chi connectivity index (χ1) is 18.5. The van der Waals surface area contributed by atoms with E-state index in [1.165, 1.54) is 6.07 Å². The first-order valence-electron chi connectivity index (χ1n) is 13.4. The molecule has 7 heteroatoms. The van der Waals surface area contributed by atoms with Gasteiger partial charge in [-0.3, -0.25) is 4.79 Å². The number of fused-ring (bicyclic) bond motifs is 2. The summed E-state index contributed by atoms with van der Waals surface area (Å²) in [6, 6.07) is 12.8. The molecule has 0 fully saturated rings. The maximum Gasteiger partial charge on any atom is 0.304 e. The van der Waals surface area contributed by atoms with Gasteiger partial charge in [0.2, 0.25) is 0 Å². The fourth-order valence-corrected chi connectivity index (χ4v) is 5.75. The van der Waals surface area contributed by atoms with E-state index in [0.29, 0.717) is 49.5 Å². The van der Waals surface area contributed by atoms with Crippen molar-refractivity contribution in [2.75, 3.05) is 13.2 Å². The van der Waals surface area contributed by atoms with Crippen molar-refractivity contribution >= 4 is 5.97 Å². The second kappa shape index (κ2) is 10.5. The molecule has 1 aliphatic carbocycles. The molecule has 2 N–H and O–H groups in total. The van der Waals surface area contributed by atoms with Crippen molar-refractivity contribution < 1.29 is 33.6 Å². The quantitative estimate of drug-likeness (QED) is 0.319. The number of benzene rings is 3. The number of rotatable bonds is 9. The molecule has 206 valence electrons. The van der Waals surface area contributed by atoms with Gasteiger partial charge in [-0.1, -0.05) is 12.1 Å². The lowest BCUT2D eigenvalue weighted by molar-refractivity contribution is -0.137. The third-order valence-electron chi connectivity index (χ3n) is 7.60. The molecule has 5 rings (SSSR count). The second-order valence-electron chi connectivity index (χ2n) is 11.3. The molecular formula is C32H35FO6. The predicted octanol–water partition coefficient (Wildman–Crippen LogP) is 6.67. The molecule has 0 saturated carbocycles. The summed E-state index contributed by atoms with van der Waals surface area (Å²) in [5, 5.41) is 19.1. The molecule has 3 aromatic carbocycles. The van der Waals surface area contributed by atoms with Gasteiger partial charge in [-0.2, -0.15) is 0 Å². The highest BCUT2D eigenvalue weighted by atomic mass is 19.1. The Morgan fingerprint density at radius 2 is 1.85 bits per heavy atom. The Morgan fingerprint density at radius 3 is 2.54 bits per heavy atom. The van der Waals surface area contributed by atoms with E-state index >= 15 is 4.39 Å². The molecule has 6 nitrogen and oxygen atoms in total. The number of hydrogen-bond acceptors (Lipinski definition) is 5. The Balaban J connectivity index is 1.38. The lowest BCUT2D eigenvalue weighted by atomic mass is 9.90. The van der Waals surface area contributed by atoms with Crippen LogP contribution in [0.3, 0.4) is 0 Å². The first kappa shape index (κ1) is 27.0. The molecule has 0 saturated heterocycles. The molecule has 1 aliphatic heterocycles. The van der Waals surface area contributed by atoms with Crippen LogP contribution in [0.25, 0.3) is 11.1 Å². The summed E-state index contributed by atoms with van der Waals surface area (Å²) in [5.74, 6) is 0.640. The minimum absolute atomic E-state index is 0.0178. The van der Waals surface area contributed by atoms with Gasteiger partial charge in [-0.25, -0.2) is 4.39 Å². The average Bonchev–Trinajstić information content (AvgIpc) is 3.44. The standard InChI is InChI=1S/C32H35FO6/c1-18-13-22(37-12-11-32(3,4)36)14-19(2)30(18)24-7-9-26(33)31-25(24)8-10-27(31)39-21-5-6-23-20(15-29(34)35)17-38-28(23)16-21/h5-7,9,13-14,16,20,27,36H,8,10-12,15,17H2,1-4H3,(H,34,35)/t20-,27-/m1/s1. The topological polar surface area (TPSA) is 85.2 Å². The molecule has 0 amide bonds. The molecule has 0 bridgehead atoms. The van der Waals surface area contributed by atoms with Crippen LogP contribution in [0.5, 0.6) is 17.2 Å². The molecule has 3 aromatic rings. The fraction of sp³-hybridized carbons (Fsp3) is 0.406. The summed E-state index contributed by atoms with van der Waals surface area (Å²) < 4.78 is 33.2. The van der Waals surface area contributed by atoms with Gasteiger partial charge < -0.3 is 24.4 Å². The monoisotopic (exact) mass is 534 g/mol. The van der Waals surface area contributed by atoms with Crippen LogP contribution in [0, 0.1) is 19.7 Å². The number of carboxylic acids is 1. The predicted molar refractivity (Wildman–Crippen MR) is 146 cm³/mol. The van der Waals surface area contributed by atoms with Crippen molar-refractivity contribution in [3.63, 3.8) is 0 Å². The first-order valence-corrected chi connectivity index (χ1v) is 13.4. The summed E-state index contributed by atoms with van der Waals surface area (Å²) in [7, 11) is 0. The molecular weight excluding hydrogens is 499 g/mol. The number of aliphatic hydroxyl groups is 1. The van der Waals surface area contributed by atoms with E-state index in [9.17, 15) is 9.90 Å². The summed E-state index contributed by atoms with van der Waals surface area (Å²) >= 11 is 0.